The summed E-state index contributed by atoms with van der Waals surface area (Å²) in [5.74, 6) is -6.13. The lowest BCUT2D eigenvalue weighted by molar-refractivity contribution is -0.157. The highest BCUT2D eigenvalue weighted by Gasteiger charge is 2.44. The Balaban J connectivity index is 0.000000575. The number of hydrogen-bond acceptors (Lipinski definition) is 18. The average molecular weight is 1680 g/mol. The molecule has 1 saturated heterocycles. The lowest BCUT2D eigenvalue weighted by atomic mass is 9.84. The number of likely N-dealkylation sites (tertiary alicyclic amines) is 1. The molecule has 6 rings (SSSR count). The van der Waals surface area contributed by atoms with Gasteiger partial charge in [0.2, 0.25) is 17.7 Å². The summed E-state index contributed by atoms with van der Waals surface area (Å²) in [5.41, 5.74) is 25.5. The zero-order chi connectivity index (χ0) is 85.9. The molecule has 0 radical (unpaired) electrons. The maximum atomic E-state index is 14.2. The molecule has 0 aliphatic carbocycles. The highest BCUT2D eigenvalue weighted by atomic mass is 35.5. The number of halogens is 5. The lowest BCUT2D eigenvalue weighted by Crippen LogP contribution is -2.55. The molecule has 29 heteroatoms. The molecule has 13 atom stereocenters. The Morgan fingerprint density at radius 3 is 1.22 bits per heavy atom. The van der Waals surface area contributed by atoms with Gasteiger partial charge in [0.25, 0.3) is 0 Å². The van der Waals surface area contributed by atoms with Crippen LogP contribution in [-0.4, -0.2) is 185 Å². The van der Waals surface area contributed by atoms with Crippen molar-refractivity contribution in [3.05, 3.63) is 174 Å². The molecule has 0 saturated carbocycles. The summed E-state index contributed by atoms with van der Waals surface area (Å²) in [6.07, 6.45) is 2.32. The van der Waals surface area contributed by atoms with Crippen molar-refractivity contribution >= 4 is 111 Å². The molecule has 628 valence electrons. The number of hydrogen-bond donors (Lipinski definition) is 9. The quantitative estimate of drug-likeness (QED) is 0.0173. The summed E-state index contributed by atoms with van der Waals surface area (Å²) in [6.45, 7) is 25.0. The monoisotopic (exact) mass is 1670 g/mol. The second-order valence-electron chi connectivity index (χ2n) is 30.9. The number of ketones is 1. The van der Waals surface area contributed by atoms with E-state index in [1.54, 1.807) is 135 Å². The van der Waals surface area contributed by atoms with Gasteiger partial charge in [-0.05, 0) is 193 Å². The van der Waals surface area contributed by atoms with Gasteiger partial charge in [0.1, 0.15) is 41.4 Å². The van der Waals surface area contributed by atoms with Crippen LogP contribution in [0.4, 0.5) is 0 Å². The number of carboxylic acids is 3. The summed E-state index contributed by atoms with van der Waals surface area (Å²) in [5, 5.41) is 35.7. The Morgan fingerprint density at radius 2 is 0.920 bits per heavy atom. The van der Waals surface area contributed by atoms with E-state index in [1.807, 2.05) is 107 Å². The van der Waals surface area contributed by atoms with Crippen LogP contribution in [0.25, 0.3) is 0 Å². The van der Waals surface area contributed by atoms with Crippen LogP contribution < -0.4 is 33.6 Å². The molecule has 1 aliphatic heterocycles. The van der Waals surface area contributed by atoms with E-state index in [-0.39, 0.29) is 60.7 Å². The first-order chi connectivity index (χ1) is 52.7. The van der Waals surface area contributed by atoms with Gasteiger partial charge < -0.3 is 77.6 Å². The number of nitrogens with one attached hydrogen (secondary N) is 2. The van der Waals surface area contributed by atoms with E-state index in [0.717, 1.165) is 28.7 Å². The van der Waals surface area contributed by atoms with Crippen LogP contribution in [0.15, 0.2) is 121 Å². The molecule has 0 unspecified atom stereocenters. The Morgan fingerprint density at radius 1 is 0.549 bits per heavy atom. The van der Waals surface area contributed by atoms with Gasteiger partial charge in [0.05, 0.1) is 42.7 Å². The number of nitrogens with two attached hydrogens (primary N) is 4. The van der Waals surface area contributed by atoms with Crippen molar-refractivity contribution < 1.29 is 77.4 Å². The standard InChI is InChI=1S/C40H65ClN4O8.2C13H18ClNO2.2C9H10ClNO2/c1-12-25(6)36(44(9)39(49)29(23(2)3)21-32(46)35(42-8)24(4)5)33(52-10)22-34(47)45-18-14-17-31(45)37(53-11)26(7)38(48)43-30(40(50)51)20-27-15-13-16-28(41)19-27;2*1-13(2,3)17-12(16)11(15)8-9-5-4-6-10(14)7-9;2*10-7-3-1-2-6(4-7)5-8(11)9(12)13/h13,15-16,19,23-26,29-31,33,35-37,42H,12,14,17-18,20-22H2,1-11H3,(H,43,48)(H,50,51);2*4-7,11H,8,15H2,1-3H3;2*1-4,8H,5,11H2,(H,12,13)/t25-,26+,29-,30-,31-,33+,35-,36-,37+;2*11-;2*8-/m00000/s1. The van der Waals surface area contributed by atoms with Crippen molar-refractivity contribution in [3.63, 3.8) is 0 Å². The third kappa shape index (κ3) is 37.9. The predicted octanol–water partition coefficient (Wildman–Crippen LogP) is 12.5. The number of rotatable bonds is 34. The van der Waals surface area contributed by atoms with Gasteiger partial charge in [0, 0.05) is 71.7 Å². The largest absolute Gasteiger partial charge is 0.480 e. The highest BCUT2D eigenvalue weighted by Crippen LogP contribution is 2.32. The van der Waals surface area contributed by atoms with Crippen LogP contribution in [-0.2, 0) is 94.2 Å². The van der Waals surface area contributed by atoms with Crippen LogP contribution in [0, 0.1) is 29.6 Å². The zero-order valence-electron chi connectivity index (χ0n) is 68.2. The first kappa shape index (κ1) is 102. The van der Waals surface area contributed by atoms with E-state index in [4.69, 9.17) is 110 Å². The molecule has 113 heavy (non-hydrogen) atoms. The highest BCUT2D eigenvalue weighted by molar-refractivity contribution is 6.31. The molecule has 0 bridgehead atoms. The summed E-state index contributed by atoms with van der Waals surface area (Å²) >= 11 is 29.2. The van der Waals surface area contributed by atoms with Crippen molar-refractivity contribution in [3.8, 4) is 0 Å². The van der Waals surface area contributed by atoms with Gasteiger partial charge in [-0.2, -0.15) is 0 Å². The molecule has 5 aromatic rings. The molecule has 1 fully saturated rings. The number of esters is 2. The second-order valence-corrected chi connectivity index (χ2v) is 33.0. The van der Waals surface area contributed by atoms with Crippen molar-refractivity contribution in [2.24, 2.45) is 52.5 Å². The zero-order valence-corrected chi connectivity index (χ0v) is 72.0. The number of carbonyl (C=O) groups excluding carboxylic acids is 6. The van der Waals surface area contributed by atoms with E-state index >= 15 is 0 Å². The SMILES string of the molecule is CC(C)(C)OC(=O)[C@@H](N)Cc1cccc(Cl)c1.CC(C)(C)OC(=O)[C@@H](N)Cc1cccc(Cl)c1.CC[C@H](C)[C@@H]([C@@H](CC(=O)N1CCC[C@H]1[C@H](OC)[C@@H](C)C(=O)N[C@@H](Cc1cccc(Cl)c1)C(=O)O)OC)N(C)C(=O)[C@@H](CC(=O)[C@@H](NC)C(C)C)C(C)C.N[C@@H](Cc1cccc(Cl)c1)C(=O)O.N[C@@H](Cc1cccc(Cl)c1)C(=O)O. The van der Waals surface area contributed by atoms with Crippen LogP contribution in [0.2, 0.25) is 25.1 Å². The average Bonchev–Trinajstić information content (AvgIpc) is 1.78. The molecule has 0 aromatic heterocycles. The molecule has 5 aromatic carbocycles. The topological polar surface area (TPSA) is 386 Å². The second kappa shape index (κ2) is 50.2. The number of benzene rings is 5. The van der Waals surface area contributed by atoms with Gasteiger partial charge >= 0.3 is 29.8 Å². The fourth-order valence-electron chi connectivity index (χ4n) is 12.6. The number of likely N-dealkylation sites (N-methyl/N-ethyl adjacent to an activating group) is 2. The molecule has 13 N–H and O–H groups in total. The maximum absolute atomic E-state index is 14.2. The number of carboxylic acid groups (broad SMARTS) is 3. The summed E-state index contributed by atoms with van der Waals surface area (Å²) in [4.78, 5) is 115. The van der Waals surface area contributed by atoms with E-state index in [2.05, 4.69) is 10.6 Å². The number of Topliss-reactive ketones (excluding diaryl/α,β-unsaturated/α-hetero) is 1. The van der Waals surface area contributed by atoms with Gasteiger partial charge in [-0.3, -0.25) is 38.4 Å². The fraction of sp³-hybridized carbons (Fsp3) is 0.536. The third-order valence-corrected chi connectivity index (χ3v) is 19.7. The number of methoxy groups -OCH3 is 2. The molecule has 1 heterocycles. The predicted molar refractivity (Wildman–Crippen MR) is 446 cm³/mol. The Labute approximate surface area is 692 Å². The summed E-state index contributed by atoms with van der Waals surface area (Å²) < 4.78 is 22.3. The molecular formula is C84H121Cl5N8O16. The molecule has 1 aliphatic rings. The third-order valence-electron chi connectivity index (χ3n) is 18.5. The number of ether oxygens (including phenoxy) is 4. The summed E-state index contributed by atoms with van der Waals surface area (Å²) in [7, 11) is 6.53. The minimum atomic E-state index is -1.18. The van der Waals surface area contributed by atoms with Crippen LogP contribution in [0.5, 0.6) is 0 Å². The molecule has 3 amide bonds. The fourth-order valence-corrected chi connectivity index (χ4v) is 13.6. The van der Waals surface area contributed by atoms with Crippen LogP contribution >= 0.6 is 58.0 Å². The minimum absolute atomic E-state index is 0.00217. The van der Waals surface area contributed by atoms with Gasteiger partial charge in [0.15, 0.2) is 5.78 Å². The number of nitrogens with zero attached hydrogens (tertiary/aromatic N) is 2. The molecule has 0 spiro atoms. The van der Waals surface area contributed by atoms with E-state index in [0.29, 0.717) is 75.7 Å². The minimum Gasteiger partial charge on any atom is -0.480 e. The van der Waals surface area contributed by atoms with Crippen LogP contribution in [0.1, 0.15) is 150 Å². The van der Waals surface area contributed by atoms with Gasteiger partial charge in [-0.25, -0.2) is 4.79 Å². The van der Waals surface area contributed by atoms with Gasteiger partial charge in [-0.1, -0.05) is 174 Å². The number of amides is 3. The van der Waals surface area contributed by atoms with E-state index in [1.165, 1.54) is 7.11 Å². The Hall–Kier alpha value is -7.30. The van der Waals surface area contributed by atoms with Crippen molar-refractivity contribution in [1.29, 1.82) is 0 Å². The first-order valence-corrected chi connectivity index (χ1v) is 39.6. The number of carbonyl (C=O) groups is 9. The van der Waals surface area contributed by atoms with E-state index in [9.17, 15) is 48.3 Å². The lowest BCUT2D eigenvalue weighted by Gasteiger charge is -2.41. The normalized spacial score (nSPS) is 15.9. The van der Waals surface area contributed by atoms with Gasteiger partial charge in [-0.15, -0.1) is 0 Å². The smallest absolute Gasteiger partial charge is 0.326 e. The van der Waals surface area contributed by atoms with Crippen molar-refractivity contribution in [2.75, 3.05) is 34.9 Å². The van der Waals surface area contributed by atoms with Crippen molar-refractivity contribution in [1.82, 2.24) is 20.4 Å². The maximum Gasteiger partial charge on any atom is 0.326 e. The molecule has 24 nitrogen and oxygen atoms in total. The Kier molecular flexibility index (Phi) is 45.3. The van der Waals surface area contributed by atoms with E-state index < -0.39 is 113 Å². The number of aliphatic carboxylic acids is 3. The first-order valence-electron chi connectivity index (χ1n) is 37.7. The van der Waals surface area contributed by atoms with Crippen LogP contribution in [0.3, 0.4) is 0 Å². The Bertz CT molecular complexity index is 3700. The molecular weight excluding hydrogens is 1550 g/mol. The summed E-state index contributed by atoms with van der Waals surface area (Å²) in [6, 6.07) is 30.0. The van der Waals surface area contributed by atoms with Crippen molar-refractivity contribution in [2.45, 2.75) is 226 Å².